The topological polar surface area (TPSA) is 63.3 Å². The first kappa shape index (κ1) is 10.5. The van der Waals surface area contributed by atoms with Crippen molar-refractivity contribution in [3.05, 3.63) is 0 Å². The average molecular weight is 185 g/mol. The van der Waals surface area contributed by atoms with E-state index in [-0.39, 0.29) is 11.3 Å². The van der Waals surface area contributed by atoms with Crippen molar-refractivity contribution >= 4 is 5.97 Å². The largest absolute Gasteiger partial charge is 0.480 e. The van der Waals surface area contributed by atoms with Crippen LogP contribution in [0.15, 0.2) is 0 Å². The van der Waals surface area contributed by atoms with E-state index in [1.165, 1.54) is 0 Å². The minimum atomic E-state index is -0.988. The summed E-state index contributed by atoms with van der Waals surface area (Å²) >= 11 is 0. The Morgan fingerprint density at radius 2 is 2.08 bits per heavy atom. The molecule has 1 aliphatic carbocycles. The predicted molar refractivity (Wildman–Crippen MR) is 51.4 cm³/mol. The van der Waals surface area contributed by atoms with E-state index in [2.05, 4.69) is 20.8 Å². The van der Waals surface area contributed by atoms with Gasteiger partial charge in [-0.05, 0) is 24.2 Å². The highest BCUT2D eigenvalue weighted by atomic mass is 16.4. The first-order valence-electron chi connectivity index (χ1n) is 4.81. The molecular weight excluding hydrogens is 166 g/mol. The Morgan fingerprint density at radius 1 is 1.54 bits per heavy atom. The molecule has 0 aliphatic heterocycles. The van der Waals surface area contributed by atoms with Gasteiger partial charge in [0.2, 0.25) is 0 Å². The minimum Gasteiger partial charge on any atom is -0.480 e. The van der Waals surface area contributed by atoms with Crippen LogP contribution in [0.4, 0.5) is 0 Å². The summed E-state index contributed by atoms with van der Waals surface area (Å²) < 4.78 is 0. The summed E-state index contributed by atoms with van der Waals surface area (Å²) in [6, 6.07) is 0. The fraction of sp³-hybridized carbons (Fsp3) is 0.900. The van der Waals surface area contributed by atoms with Gasteiger partial charge in [0.1, 0.15) is 5.54 Å². The van der Waals surface area contributed by atoms with E-state index in [0.717, 1.165) is 12.8 Å². The van der Waals surface area contributed by atoms with Crippen LogP contribution in [-0.2, 0) is 4.79 Å². The number of aliphatic carboxylic acids is 1. The maximum Gasteiger partial charge on any atom is 0.323 e. The molecule has 3 N–H and O–H groups in total. The molecule has 76 valence electrons. The zero-order valence-electron chi connectivity index (χ0n) is 8.63. The van der Waals surface area contributed by atoms with Gasteiger partial charge in [0, 0.05) is 0 Å². The molecule has 0 radical (unpaired) electrons. The molecule has 0 spiro atoms. The number of nitrogens with two attached hydrogens (primary N) is 1. The van der Waals surface area contributed by atoms with Crippen LogP contribution in [0.2, 0.25) is 0 Å². The van der Waals surface area contributed by atoms with Crippen molar-refractivity contribution in [1.82, 2.24) is 0 Å². The standard InChI is InChI=1S/C10H19NO2/c1-9(2,3)7-5-4-6-10(7,11)8(12)13/h7H,4-6,11H2,1-3H3,(H,12,13)/t7-,10+/m1/s1. The molecule has 3 nitrogen and oxygen atoms in total. The second-order valence-corrected chi connectivity index (χ2v) is 5.16. The van der Waals surface area contributed by atoms with Crippen molar-refractivity contribution < 1.29 is 9.90 Å². The molecule has 0 bridgehead atoms. The Hall–Kier alpha value is -0.570. The molecule has 0 aromatic rings. The third kappa shape index (κ3) is 1.70. The third-order valence-electron chi connectivity index (χ3n) is 3.15. The van der Waals surface area contributed by atoms with E-state index in [1.54, 1.807) is 0 Å². The first-order valence-corrected chi connectivity index (χ1v) is 4.81. The minimum absolute atomic E-state index is 0.0103. The fourth-order valence-corrected chi connectivity index (χ4v) is 2.49. The summed E-state index contributed by atoms with van der Waals surface area (Å²) in [6.45, 7) is 6.19. The lowest BCUT2D eigenvalue weighted by Gasteiger charge is -2.36. The molecule has 0 saturated heterocycles. The van der Waals surface area contributed by atoms with Crippen molar-refractivity contribution in [2.24, 2.45) is 17.1 Å². The van der Waals surface area contributed by atoms with Crippen LogP contribution in [0.3, 0.4) is 0 Å². The lowest BCUT2D eigenvalue weighted by Crippen LogP contribution is -2.54. The second-order valence-electron chi connectivity index (χ2n) is 5.16. The fourth-order valence-electron chi connectivity index (χ4n) is 2.49. The maximum atomic E-state index is 11.1. The lowest BCUT2D eigenvalue weighted by molar-refractivity contribution is -0.146. The third-order valence-corrected chi connectivity index (χ3v) is 3.15. The van der Waals surface area contributed by atoms with Gasteiger partial charge in [-0.15, -0.1) is 0 Å². The van der Waals surface area contributed by atoms with Crippen molar-refractivity contribution in [3.8, 4) is 0 Å². The smallest absolute Gasteiger partial charge is 0.323 e. The Morgan fingerprint density at radius 3 is 2.38 bits per heavy atom. The van der Waals surface area contributed by atoms with Gasteiger partial charge < -0.3 is 10.8 Å². The summed E-state index contributed by atoms with van der Waals surface area (Å²) in [5.74, 6) is -0.748. The number of carboxylic acids is 1. The van der Waals surface area contributed by atoms with Gasteiger partial charge in [0.25, 0.3) is 0 Å². The molecule has 0 unspecified atom stereocenters. The molecule has 1 fully saturated rings. The second kappa shape index (κ2) is 2.98. The number of carboxylic acid groups (broad SMARTS) is 1. The van der Waals surface area contributed by atoms with E-state index in [4.69, 9.17) is 10.8 Å². The van der Waals surface area contributed by atoms with Gasteiger partial charge in [-0.25, -0.2) is 0 Å². The van der Waals surface area contributed by atoms with Crippen LogP contribution in [0, 0.1) is 11.3 Å². The Balaban J connectivity index is 2.93. The van der Waals surface area contributed by atoms with Crippen LogP contribution in [0.5, 0.6) is 0 Å². The van der Waals surface area contributed by atoms with Crippen molar-refractivity contribution in [2.75, 3.05) is 0 Å². The quantitative estimate of drug-likeness (QED) is 0.652. The van der Waals surface area contributed by atoms with Crippen LogP contribution in [-0.4, -0.2) is 16.6 Å². The van der Waals surface area contributed by atoms with Gasteiger partial charge in [-0.2, -0.15) is 0 Å². The van der Waals surface area contributed by atoms with Crippen molar-refractivity contribution in [3.63, 3.8) is 0 Å². The zero-order valence-corrected chi connectivity index (χ0v) is 8.63. The first-order chi connectivity index (χ1) is 5.78. The van der Waals surface area contributed by atoms with Gasteiger partial charge >= 0.3 is 5.97 Å². The summed E-state index contributed by atoms with van der Waals surface area (Å²) in [6.07, 6.45) is 2.49. The van der Waals surface area contributed by atoms with Crippen LogP contribution in [0.1, 0.15) is 40.0 Å². The van der Waals surface area contributed by atoms with Crippen LogP contribution < -0.4 is 5.73 Å². The highest BCUT2D eigenvalue weighted by Crippen LogP contribution is 2.44. The van der Waals surface area contributed by atoms with Gasteiger partial charge in [-0.1, -0.05) is 27.2 Å². The SMILES string of the molecule is CC(C)(C)[C@H]1CCC[C@@]1(N)C(=O)O. The molecule has 1 aliphatic rings. The zero-order chi connectivity index (χ0) is 10.3. The summed E-state index contributed by atoms with van der Waals surface area (Å²) in [5.41, 5.74) is 4.93. The molecule has 0 aromatic carbocycles. The van der Waals surface area contributed by atoms with E-state index in [0.29, 0.717) is 6.42 Å². The Kier molecular flexibility index (Phi) is 2.41. The van der Waals surface area contributed by atoms with E-state index >= 15 is 0 Å². The molecule has 1 saturated carbocycles. The number of hydrogen-bond donors (Lipinski definition) is 2. The Labute approximate surface area is 79.3 Å². The number of hydrogen-bond acceptors (Lipinski definition) is 2. The molecule has 0 amide bonds. The maximum absolute atomic E-state index is 11.1. The van der Waals surface area contributed by atoms with Crippen LogP contribution >= 0.6 is 0 Å². The van der Waals surface area contributed by atoms with Crippen molar-refractivity contribution in [2.45, 2.75) is 45.6 Å². The Bertz CT molecular complexity index is 219. The van der Waals surface area contributed by atoms with E-state index < -0.39 is 11.5 Å². The number of carbonyl (C=O) groups is 1. The van der Waals surface area contributed by atoms with E-state index in [1.807, 2.05) is 0 Å². The van der Waals surface area contributed by atoms with Gasteiger partial charge in [-0.3, -0.25) is 4.79 Å². The molecule has 3 heteroatoms. The van der Waals surface area contributed by atoms with Crippen molar-refractivity contribution in [1.29, 1.82) is 0 Å². The summed E-state index contributed by atoms with van der Waals surface area (Å²) in [7, 11) is 0. The molecular formula is C10H19NO2. The summed E-state index contributed by atoms with van der Waals surface area (Å²) in [5, 5.41) is 9.08. The lowest BCUT2D eigenvalue weighted by atomic mass is 9.71. The predicted octanol–water partition coefficient (Wildman–Crippen LogP) is 1.61. The summed E-state index contributed by atoms with van der Waals surface area (Å²) in [4.78, 5) is 11.1. The van der Waals surface area contributed by atoms with E-state index in [9.17, 15) is 4.79 Å². The van der Waals surface area contributed by atoms with Gasteiger partial charge in [0.15, 0.2) is 0 Å². The molecule has 1 rings (SSSR count). The molecule has 13 heavy (non-hydrogen) atoms. The van der Waals surface area contributed by atoms with Gasteiger partial charge in [0.05, 0.1) is 0 Å². The average Bonchev–Trinajstić information content (AvgIpc) is 2.31. The monoisotopic (exact) mass is 185 g/mol. The molecule has 2 atom stereocenters. The number of rotatable bonds is 1. The normalized spacial score (nSPS) is 34.9. The highest BCUT2D eigenvalue weighted by molar-refractivity contribution is 5.79. The highest BCUT2D eigenvalue weighted by Gasteiger charge is 2.50. The van der Waals surface area contributed by atoms with Crippen LogP contribution in [0.25, 0.3) is 0 Å². The molecule has 0 heterocycles. The molecule has 0 aromatic heterocycles.